The maximum Gasteiger partial charge on any atom is 0.407 e. The first-order chi connectivity index (χ1) is 17.2. The van der Waals surface area contributed by atoms with Crippen LogP contribution in [0.2, 0.25) is 0 Å². The third-order valence-corrected chi connectivity index (χ3v) is 6.65. The number of aromatic nitrogens is 3. The molecule has 182 valence electrons. The Labute approximate surface area is 207 Å². The van der Waals surface area contributed by atoms with Crippen LogP contribution in [0.5, 0.6) is 0 Å². The highest BCUT2D eigenvalue weighted by atomic mass is 32.1. The van der Waals surface area contributed by atoms with Gasteiger partial charge in [0.2, 0.25) is 0 Å². The van der Waals surface area contributed by atoms with E-state index in [1.54, 1.807) is 11.6 Å². The second-order valence-electron chi connectivity index (χ2n) is 8.29. The molecule has 36 heavy (non-hydrogen) atoms. The van der Waals surface area contributed by atoms with Gasteiger partial charge in [-0.25, -0.2) is 18.9 Å². The summed E-state index contributed by atoms with van der Waals surface area (Å²) in [6.45, 7) is 6.95. The van der Waals surface area contributed by atoms with Crippen molar-refractivity contribution in [1.29, 1.82) is 0 Å². The fourth-order valence-corrected chi connectivity index (χ4v) is 4.58. The van der Waals surface area contributed by atoms with Crippen molar-refractivity contribution < 1.29 is 22.4 Å². The van der Waals surface area contributed by atoms with Gasteiger partial charge in [-0.1, -0.05) is 24.3 Å². The van der Waals surface area contributed by atoms with Crippen molar-refractivity contribution in [1.82, 2.24) is 20.1 Å². The molecule has 1 aliphatic carbocycles. The van der Waals surface area contributed by atoms with Crippen molar-refractivity contribution in [3.05, 3.63) is 93.1 Å². The van der Waals surface area contributed by atoms with Gasteiger partial charge in [0.15, 0.2) is 5.69 Å². The predicted molar refractivity (Wildman–Crippen MR) is 125 cm³/mol. The van der Waals surface area contributed by atoms with Crippen LogP contribution < -0.4 is 5.32 Å². The minimum absolute atomic E-state index is 0.00900. The summed E-state index contributed by atoms with van der Waals surface area (Å²) in [6, 6.07) is 9.24. The van der Waals surface area contributed by atoms with Crippen molar-refractivity contribution in [3.63, 3.8) is 0 Å². The molecule has 1 N–H and O–H groups in total. The van der Waals surface area contributed by atoms with E-state index in [-0.39, 0.29) is 29.3 Å². The number of carbonyl (C=O) groups excluding carboxylic acids is 1. The number of alkyl halides is 3. The lowest BCUT2D eigenvalue weighted by Gasteiger charge is -2.10. The Morgan fingerprint density at radius 1 is 1.19 bits per heavy atom. The van der Waals surface area contributed by atoms with E-state index in [1.807, 2.05) is 0 Å². The quantitative estimate of drug-likeness (QED) is 0.237. The Balaban J connectivity index is 1.31. The molecule has 6 nitrogen and oxygen atoms in total. The summed E-state index contributed by atoms with van der Waals surface area (Å²) in [4.78, 5) is 20.3. The zero-order valence-corrected chi connectivity index (χ0v) is 19.3. The van der Waals surface area contributed by atoms with E-state index in [0.717, 1.165) is 30.7 Å². The number of hydrogen-bond donors (Lipinski definition) is 1. The molecule has 0 bridgehead atoms. The topological polar surface area (TPSA) is 64.2 Å². The van der Waals surface area contributed by atoms with Crippen LogP contribution in [-0.2, 0) is 12.7 Å². The number of rotatable bonds is 6. The normalized spacial score (nSPS) is 13.4. The summed E-state index contributed by atoms with van der Waals surface area (Å²) in [6.07, 6.45) is -1.13. The van der Waals surface area contributed by atoms with E-state index in [4.69, 9.17) is 6.57 Å². The van der Waals surface area contributed by atoms with Crippen molar-refractivity contribution in [2.75, 3.05) is 0 Å². The van der Waals surface area contributed by atoms with Gasteiger partial charge in [-0.05, 0) is 31.0 Å². The lowest BCUT2D eigenvalue weighted by atomic mass is 10.1. The molecule has 0 aliphatic heterocycles. The van der Waals surface area contributed by atoms with Crippen LogP contribution in [0.15, 0.2) is 54.2 Å². The lowest BCUT2D eigenvalue weighted by Crippen LogP contribution is -2.23. The number of benzene rings is 2. The van der Waals surface area contributed by atoms with Crippen molar-refractivity contribution in [3.8, 4) is 16.9 Å². The summed E-state index contributed by atoms with van der Waals surface area (Å²) in [5.41, 5.74) is 1.97. The van der Waals surface area contributed by atoms with Crippen LogP contribution in [0.25, 0.3) is 21.8 Å². The lowest BCUT2D eigenvalue weighted by molar-refractivity contribution is -0.136. The number of nitrogens with zero attached hydrogens (tertiary/aromatic N) is 4. The average molecular weight is 512 g/mol. The van der Waals surface area contributed by atoms with E-state index in [2.05, 4.69) is 20.2 Å². The molecule has 0 atom stereocenters. The van der Waals surface area contributed by atoms with Gasteiger partial charge in [0.1, 0.15) is 10.7 Å². The molecule has 0 saturated heterocycles. The minimum atomic E-state index is -4.67. The Bertz CT molecular complexity index is 1500. The molecule has 2 heterocycles. The van der Waals surface area contributed by atoms with Gasteiger partial charge in [0, 0.05) is 29.8 Å². The van der Waals surface area contributed by atoms with Crippen LogP contribution >= 0.6 is 11.3 Å². The summed E-state index contributed by atoms with van der Waals surface area (Å²) in [7, 11) is 0. The zero-order chi connectivity index (χ0) is 25.4. The molecular formula is C25H17F4N5OS. The molecule has 11 heteroatoms. The van der Waals surface area contributed by atoms with Gasteiger partial charge >= 0.3 is 6.18 Å². The van der Waals surface area contributed by atoms with Gasteiger partial charge in [-0.3, -0.25) is 4.79 Å². The van der Waals surface area contributed by atoms with E-state index >= 15 is 0 Å². The molecule has 1 fully saturated rings. The number of hydrogen-bond acceptors (Lipinski definition) is 4. The largest absolute Gasteiger partial charge is 0.407 e. The fraction of sp³-hybridized carbons (Fsp3) is 0.200. The van der Waals surface area contributed by atoms with Crippen LogP contribution in [0.3, 0.4) is 0 Å². The Hall–Kier alpha value is -4.04. The van der Waals surface area contributed by atoms with Crippen LogP contribution in [0.1, 0.15) is 45.3 Å². The second kappa shape index (κ2) is 9.20. The van der Waals surface area contributed by atoms with Crippen LogP contribution in [0.4, 0.5) is 23.2 Å². The standard InChI is InChI=1S/C25H17F4N5OS/c1-30-21-7-5-15(10-18(21)25(27,28)29)20-8-9-34(33-20)17-6-4-16(19(26)11-17)12-31-24(35)23-22(14-2-3-14)32-13-36-23/h4-11,13-14H,2-3,12H2,(H,31,35). The van der Waals surface area contributed by atoms with Gasteiger partial charge < -0.3 is 5.32 Å². The minimum Gasteiger partial charge on any atom is -0.347 e. The SMILES string of the molecule is [C-]#[N+]c1ccc(-c2ccn(-c3ccc(CNC(=O)c4scnc4C4CC4)c(F)c3)n2)cc1C(F)(F)F. The molecular weight excluding hydrogens is 494 g/mol. The van der Waals surface area contributed by atoms with E-state index in [0.29, 0.717) is 16.5 Å². The highest BCUT2D eigenvalue weighted by Gasteiger charge is 2.34. The van der Waals surface area contributed by atoms with Crippen molar-refractivity contribution >= 4 is 22.9 Å². The highest BCUT2D eigenvalue weighted by molar-refractivity contribution is 7.11. The average Bonchev–Trinajstić information content (AvgIpc) is 3.37. The third kappa shape index (κ3) is 4.72. The maximum absolute atomic E-state index is 14.8. The van der Waals surface area contributed by atoms with Crippen LogP contribution in [-0.4, -0.2) is 20.7 Å². The molecule has 2 aromatic heterocycles. The van der Waals surface area contributed by atoms with Crippen molar-refractivity contribution in [2.24, 2.45) is 0 Å². The number of nitrogens with one attached hydrogen (secondary N) is 1. The summed E-state index contributed by atoms with van der Waals surface area (Å²) in [5, 5.41) is 7.00. The Morgan fingerprint density at radius 3 is 2.69 bits per heavy atom. The number of carbonyl (C=O) groups is 1. The summed E-state index contributed by atoms with van der Waals surface area (Å²) in [5.74, 6) is -0.517. The first-order valence-electron chi connectivity index (χ1n) is 10.9. The Kier molecular flexibility index (Phi) is 6.05. The second-order valence-corrected chi connectivity index (χ2v) is 9.14. The molecule has 1 amide bonds. The van der Waals surface area contributed by atoms with Gasteiger partial charge in [0.25, 0.3) is 5.91 Å². The summed E-state index contributed by atoms with van der Waals surface area (Å²) < 4.78 is 56.0. The van der Waals surface area contributed by atoms with Crippen LogP contribution in [0, 0.1) is 12.4 Å². The van der Waals surface area contributed by atoms with E-state index < -0.39 is 23.2 Å². The highest BCUT2D eigenvalue weighted by Crippen LogP contribution is 2.42. The molecule has 5 rings (SSSR count). The molecule has 0 spiro atoms. The number of thiazole rings is 1. The summed E-state index contributed by atoms with van der Waals surface area (Å²) >= 11 is 1.26. The maximum atomic E-state index is 14.8. The molecule has 1 aliphatic rings. The predicted octanol–water partition coefficient (Wildman–Crippen LogP) is 6.51. The third-order valence-electron chi connectivity index (χ3n) is 5.81. The monoisotopic (exact) mass is 511 g/mol. The van der Waals surface area contributed by atoms with Gasteiger partial charge in [-0.2, -0.15) is 18.3 Å². The van der Waals surface area contributed by atoms with E-state index in [1.165, 1.54) is 46.5 Å². The van der Waals surface area contributed by atoms with Crippen molar-refractivity contribution in [2.45, 2.75) is 31.5 Å². The molecule has 0 radical (unpaired) electrons. The number of halogens is 4. The Morgan fingerprint density at radius 2 is 2.00 bits per heavy atom. The molecule has 1 saturated carbocycles. The number of amides is 1. The molecule has 0 unspecified atom stereocenters. The zero-order valence-electron chi connectivity index (χ0n) is 18.5. The van der Waals surface area contributed by atoms with Gasteiger partial charge in [0.05, 0.1) is 34.7 Å². The van der Waals surface area contributed by atoms with E-state index in [9.17, 15) is 22.4 Å². The first-order valence-corrected chi connectivity index (χ1v) is 11.8. The molecule has 4 aromatic rings. The fourth-order valence-electron chi connectivity index (χ4n) is 3.79. The smallest absolute Gasteiger partial charge is 0.347 e. The molecule has 2 aromatic carbocycles. The van der Waals surface area contributed by atoms with Gasteiger partial charge in [-0.15, -0.1) is 11.3 Å². The first kappa shape index (κ1) is 23.7.